The third kappa shape index (κ3) is 4.25. The summed E-state index contributed by atoms with van der Waals surface area (Å²) >= 11 is 0. The lowest BCUT2D eigenvalue weighted by Crippen LogP contribution is -2.51. The standard InChI is InChI=1S/C19H20FN3O3/c20-14-6-8-15(9-7-14)22-19(25)17(13-4-2-1-3-5-13)23-10-11-26-16(12-23)18(21)24/h1-9,16-17H,10-12H2,(H2,21,24)(H,22,25). The third-order valence-corrected chi connectivity index (χ3v) is 4.26. The maximum absolute atomic E-state index is 13.1. The summed E-state index contributed by atoms with van der Waals surface area (Å²) in [7, 11) is 0. The van der Waals surface area contributed by atoms with Crippen LogP contribution in [0.3, 0.4) is 0 Å². The van der Waals surface area contributed by atoms with Gasteiger partial charge in [0, 0.05) is 18.8 Å². The van der Waals surface area contributed by atoms with Crippen molar-refractivity contribution in [2.75, 3.05) is 25.0 Å². The van der Waals surface area contributed by atoms with E-state index >= 15 is 0 Å². The summed E-state index contributed by atoms with van der Waals surface area (Å²) in [5, 5.41) is 2.80. The summed E-state index contributed by atoms with van der Waals surface area (Å²) < 4.78 is 18.5. The molecule has 1 heterocycles. The third-order valence-electron chi connectivity index (χ3n) is 4.26. The number of ether oxygens (including phenoxy) is 1. The number of morpholine rings is 1. The molecule has 2 aromatic carbocycles. The second kappa shape index (κ2) is 8.07. The highest BCUT2D eigenvalue weighted by molar-refractivity contribution is 5.95. The topological polar surface area (TPSA) is 84.7 Å². The van der Waals surface area contributed by atoms with Crippen LogP contribution < -0.4 is 11.1 Å². The molecule has 2 amide bonds. The molecule has 26 heavy (non-hydrogen) atoms. The van der Waals surface area contributed by atoms with Gasteiger partial charge in [-0.2, -0.15) is 0 Å². The Morgan fingerprint density at radius 3 is 2.50 bits per heavy atom. The summed E-state index contributed by atoms with van der Waals surface area (Å²) in [6, 6.07) is 14.2. The van der Waals surface area contributed by atoms with Crippen LogP contribution >= 0.6 is 0 Å². The summed E-state index contributed by atoms with van der Waals surface area (Å²) in [4.78, 5) is 26.3. The van der Waals surface area contributed by atoms with Crippen LogP contribution in [0, 0.1) is 5.82 Å². The molecule has 2 atom stereocenters. The Labute approximate surface area is 150 Å². The maximum Gasteiger partial charge on any atom is 0.247 e. The molecule has 0 aliphatic carbocycles. The van der Waals surface area contributed by atoms with E-state index in [1.54, 1.807) is 0 Å². The Kier molecular flexibility index (Phi) is 5.60. The number of primary amides is 1. The SMILES string of the molecule is NC(=O)C1CN(C(C(=O)Nc2ccc(F)cc2)c2ccccc2)CCO1. The first-order valence-corrected chi connectivity index (χ1v) is 8.31. The molecule has 3 rings (SSSR count). The number of carbonyl (C=O) groups is 2. The van der Waals surface area contributed by atoms with Gasteiger partial charge in [0.05, 0.1) is 6.61 Å². The molecule has 136 valence electrons. The minimum absolute atomic E-state index is 0.228. The fraction of sp³-hybridized carbons (Fsp3) is 0.263. The van der Waals surface area contributed by atoms with E-state index in [0.29, 0.717) is 18.8 Å². The normalized spacial score (nSPS) is 18.9. The number of nitrogens with one attached hydrogen (secondary N) is 1. The minimum atomic E-state index is -0.756. The van der Waals surface area contributed by atoms with Crippen molar-refractivity contribution >= 4 is 17.5 Å². The first-order chi connectivity index (χ1) is 12.5. The summed E-state index contributed by atoms with van der Waals surface area (Å²) in [6.07, 6.45) is -0.756. The predicted octanol–water partition coefficient (Wildman–Crippen LogP) is 1.69. The average molecular weight is 357 g/mol. The molecule has 3 N–H and O–H groups in total. The van der Waals surface area contributed by atoms with E-state index in [0.717, 1.165) is 5.56 Å². The van der Waals surface area contributed by atoms with Gasteiger partial charge in [-0.15, -0.1) is 0 Å². The van der Waals surface area contributed by atoms with E-state index < -0.39 is 18.1 Å². The van der Waals surface area contributed by atoms with Crippen LogP contribution in [0.2, 0.25) is 0 Å². The number of hydrogen-bond donors (Lipinski definition) is 2. The van der Waals surface area contributed by atoms with E-state index in [-0.39, 0.29) is 18.3 Å². The van der Waals surface area contributed by atoms with Crippen molar-refractivity contribution < 1.29 is 18.7 Å². The Balaban J connectivity index is 1.84. The number of nitrogens with two attached hydrogens (primary N) is 1. The molecule has 1 fully saturated rings. The van der Waals surface area contributed by atoms with Gasteiger partial charge in [-0.25, -0.2) is 4.39 Å². The number of hydrogen-bond acceptors (Lipinski definition) is 4. The van der Waals surface area contributed by atoms with E-state index in [2.05, 4.69) is 5.32 Å². The number of benzene rings is 2. The molecule has 0 saturated carbocycles. The van der Waals surface area contributed by atoms with Crippen LogP contribution in [0.4, 0.5) is 10.1 Å². The number of rotatable bonds is 5. The van der Waals surface area contributed by atoms with Crippen LogP contribution in [0.1, 0.15) is 11.6 Å². The lowest BCUT2D eigenvalue weighted by Gasteiger charge is -2.36. The zero-order valence-electron chi connectivity index (χ0n) is 14.1. The van der Waals surface area contributed by atoms with Crippen molar-refractivity contribution in [1.29, 1.82) is 0 Å². The van der Waals surface area contributed by atoms with Gasteiger partial charge >= 0.3 is 0 Å². The monoisotopic (exact) mass is 357 g/mol. The summed E-state index contributed by atoms with van der Waals surface area (Å²) in [5.41, 5.74) is 6.64. The molecular weight excluding hydrogens is 337 g/mol. The number of amides is 2. The van der Waals surface area contributed by atoms with Gasteiger partial charge in [0.25, 0.3) is 0 Å². The van der Waals surface area contributed by atoms with Gasteiger partial charge in [-0.3, -0.25) is 14.5 Å². The molecule has 0 radical (unpaired) electrons. The van der Waals surface area contributed by atoms with Crippen molar-refractivity contribution in [3.05, 3.63) is 66.0 Å². The Hall–Kier alpha value is -2.77. The molecule has 1 aliphatic heterocycles. The quantitative estimate of drug-likeness (QED) is 0.853. The van der Waals surface area contributed by atoms with Crippen LogP contribution in [-0.4, -0.2) is 42.5 Å². The summed E-state index contributed by atoms with van der Waals surface area (Å²) in [6.45, 7) is 1.02. The fourth-order valence-corrected chi connectivity index (χ4v) is 2.98. The fourth-order valence-electron chi connectivity index (χ4n) is 2.98. The highest BCUT2D eigenvalue weighted by atomic mass is 19.1. The predicted molar refractivity (Wildman–Crippen MR) is 94.7 cm³/mol. The molecule has 2 unspecified atom stereocenters. The van der Waals surface area contributed by atoms with Crippen LogP contribution in [-0.2, 0) is 14.3 Å². The zero-order chi connectivity index (χ0) is 18.5. The molecule has 0 spiro atoms. The van der Waals surface area contributed by atoms with Crippen LogP contribution in [0.5, 0.6) is 0 Å². The van der Waals surface area contributed by atoms with Crippen molar-refractivity contribution in [2.45, 2.75) is 12.1 Å². The van der Waals surface area contributed by atoms with Gasteiger partial charge in [-0.05, 0) is 29.8 Å². The van der Waals surface area contributed by atoms with Crippen LogP contribution in [0.15, 0.2) is 54.6 Å². The molecule has 6 nitrogen and oxygen atoms in total. The lowest BCUT2D eigenvalue weighted by atomic mass is 10.0. The summed E-state index contributed by atoms with van der Waals surface area (Å²) in [5.74, 6) is -1.20. The minimum Gasteiger partial charge on any atom is -0.367 e. The number of nitrogens with zero attached hydrogens (tertiary/aromatic N) is 1. The zero-order valence-corrected chi connectivity index (χ0v) is 14.1. The number of anilines is 1. The second-order valence-corrected chi connectivity index (χ2v) is 6.07. The smallest absolute Gasteiger partial charge is 0.247 e. The van der Waals surface area contributed by atoms with Crippen molar-refractivity contribution in [1.82, 2.24) is 4.90 Å². The van der Waals surface area contributed by atoms with Gasteiger partial charge in [0.1, 0.15) is 18.0 Å². The van der Waals surface area contributed by atoms with Crippen molar-refractivity contribution in [3.8, 4) is 0 Å². The molecular formula is C19H20FN3O3. The maximum atomic E-state index is 13.1. The van der Waals surface area contributed by atoms with Crippen molar-refractivity contribution in [2.24, 2.45) is 5.73 Å². The van der Waals surface area contributed by atoms with Gasteiger partial charge in [0.2, 0.25) is 11.8 Å². The molecule has 1 saturated heterocycles. The molecule has 0 bridgehead atoms. The highest BCUT2D eigenvalue weighted by Crippen LogP contribution is 2.25. The molecule has 1 aliphatic rings. The van der Waals surface area contributed by atoms with Gasteiger partial charge in [0.15, 0.2) is 0 Å². The lowest BCUT2D eigenvalue weighted by molar-refractivity contribution is -0.139. The van der Waals surface area contributed by atoms with Crippen LogP contribution in [0.25, 0.3) is 0 Å². The Morgan fingerprint density at radius 1 is 1.15 bits per heavy atom. The van der Waals surface area contributed by atoms with E-state index in [1.807, 2.05) is 35.2 Å². The molecule has 7 heteroatoms. The van der Waals surface area contributed by atoms with E-state index in [4.69, 9.17) is 10.5 Å². The highest BCUT2D eigenvalue weighted by Gasteiger charge is 2.34. The molecule has 0 aromatic heterocycles. The first kappa shape index (κ1) is 18.0. The average Bonchev–Trinajstić information content (AvgIpc) is 2.65. The van der Waals surface area contributed by atoms with Gasteiger partial charge < -0.3 is 15.8 Å². The Morgan fingerprint density at radius 2 is 1.85 bits per heavy atom. The number of halogens is 1. The van der Waals surface area contributed by atoms with E-state index in [1.165, 1.54) is 24.3 Å². The largest absolute Gasteiger partial charge is 0.367 e. The number of carbonyl (C=O) groups excluding carboxylic acids is 2. The second-order valence-electron chi connectivity index (χ2n) is 6.07. The van der Waals surface area contributed by atoms with E-state index in [9.17, 15) is 14.0 Å². The van der Waals surface area contributed by atoms with Crippen molar-refractivity contribution in [3.63, 3.8) is 0 Å². The Bertz CT molecular complexity index is 767. The molecule has 2 aromatic rings. The van der Waals surface area contributed by atoms with Gasteiger partial charge in [-0.1, -0.05) is 30.3 Å². The first-order valence-electron chi connectivity index (χ1n) is 8.31.